The Bertz CT molecular complexity index is 1290. The molecule has 0 fully saturated rings. The number of nitrogens with one attached hydrogen (secondary N) is 2. The number of carbonyl (C=O) groups excluding carboxylic acids is 1. The molecule has 8 heteroatoms. The summed E-state index contributed by atoms with van der Waals surface area (Å²) in [6, 6.07) is 13.2. The zero-order valence-electron chi connectivity index (χ0n) is 16.6. The highest BCUT2D eigenvalue weighted by atomic mass is 16.1. The van der Waals surface area contributed by atoms with Crippen LogP contribution in [-0.2, 0) is 17.9 Å². The molecule has 0 saturated carbocycles. The molecule has 8 nitrogen and oxygen atoms in total. The Morgan fingerprint density at radius 2 is 1.83 bits per heavy atom. The van der Waals surface area contributed by atoms with Gasteiger partial charge in [0, 0.05) is 24.8 Å². The fourth-order valence-electron chi connectivity index (χ4n) is 3.54. The predicted molar refractivity (Wildman–Crippen MR) is 113 cm³/mol. The number of para-hydroxylation sites is 1. The van der Waals surface area contributed by atoms with Crippen molar-refractivity contribution < 1.29 is 4.79 Å². The molecular formula is C21H22N6O2. The van der Waals surface area contributed by atoms with E-state index in [-0.39, 0.29) is 11.5 Å². The number of aryl methyl sites for hydroxylation is 1. The van der Waals surface area contributed by atoms with E-state index >= 15 is 0 Å². The summed E-state index contributed by atoms with van der Waals surface area (Å²) in [7, 11) is 0. The van der Waals surface area contributed by atoms with Crippen molar-refractivity contribution in [2.45, 2.75) is 33.9 Å². The minimum absolute atomic E-state index is 0.0682. The van der Waals surface area contributed by atoms with Crippen LogP contribution in [0.2, 0.25) is 0 Å². The van der Waals surface area contributed by atoms with Crippen LogP contribution in [-0.4, -0.2) is 25.1 Å². The standard InChI is InChI=1S/C21H22N6O2/c1-4-26-20(29)15-8-5-6-11-18(15)27-19(24-25-21(26)27)12-22-16-9-7-10-17(13(16)2)23-14(3)28/h5-11,22H,4,12H2,1-3H3,(H,23,28). The monoisotopic (exact) mass is 390 g/mol. The normalized spacial score (nSPS) is 11.1. The molecule has 2 aromatic heterocycles. The molecule has 0 atom stereocenters. The van der Waals surface area contributed by atoms with E-state index in [1.54, 1.807) is 4.57 Å². The minimum atomic E-state index is -0.113. The highest BCUT2D eigenvalue weighted by Crippen LogP contribution is 2.24. The molecule has 148 valence electrons. The smallest absolute Gasteiger partial charge is 0.262 e. The molecule has 0 radical (unpaired) electrons. The second-order valence-corrected chi connectivity index (χ2v) is 6.83. The maximum Gasteiger partial charge on any atom is 0.262 e. The number of anilines is 2. The van der Waals surface area contributed by atoms with E-state index in [0.717, 1.165) is 22.5 Å². The van der Waals surface area contributed by atoms with Crippen molar-refractivity contribution >= 4 is 34.0 Å². The third-order valence-corrected chi connectivity index (χ3v) is 4.97. The number of fused-ring (bicyclic) bond motifs is 3. The highest BCUT2D eigenvalue weighted by molar-refractivity contribution is 5.90. The van der Waals surface area contributed by atoms with Gasteiger partial charge in [0.2, 0.25) is 11.7 Å². The maximum atomic E-state index is 12.8. The molecule has 4 aromatic rings. The minimum Gasteiger partial charge on any atom is -0.377 e. The number of nitrogens with zero attached hydrogens (tertiary/aromatic N) is 4. The fourth-order valence-corrected chi connectivity index (χ4v) is 3.54. The summed E-state index contributed by atoms with van der Waals surface area (Å²) < 4.78 is 3.54. The topological polar surface area (TPSA) is 93.3 Å². The largest absolute Gasteiger partial charge is 0.377 e. The van der Waals surface area contributed by atoms with Crippen molar-refractivity contribution in [2.24, 2.45) is 0 Å². The van der Waals surface area contributed by atoms with E-state index in [4.69, 9.17) is 0 Å². The van der Waals surface area contributed by atoms with Gasteiger partial charge in [-0.1, -0.05) is 18.2 Å². The molecule has 1 amide bonds. The molecule has 0 aliphatic heterocycles. The summed E-state index contributed by atoms with van der Waals surface area (Å²) in [4.78, 5) is 24.2. The van der Waals surface area contributed by atoms with E-state index in [0.29, 0.717) is 30.1 Å². The molecule has 0 aliphatic rings. The molecular weight excluding hydrogens is 368 g/mol. The Hall–Kier alpha value is -3.68. The lowest BCUT2D eigenvalue weighted by atomic mass is 10.1. The molecule has 2 N–H and O–H groups in total. The van der Waals surface area contributed by atoms with Crippen LogP contribution in [0.5, 0.6) is 0 Å². The number of aromatic nitrogens is 4. The first-order chi connectivity index (χ1) is 14.0. The van der Waals surface area contributed by atoms with Gasteiger partial charge in [0.05, 0.1) is 17.4 Å². The Kier molecular flexibility index (Phi) is 4.75. The predicted octanol–water partition coefficient (Wildman–Crippen LogP) is 2.94. The lowest BCUT2D eigenvalue weighted by Gasteiger charge is -2.14. The van der Waals surface area contributed by atoms with Gasteiger partial charge in [-0.25, -0.2) is 0 Å². The van der Waals surface area contributed by atoms with Crippen LogP contribution in [0.4, 0.5) is 11.4 Å². The van der Waals surface area contributed by atoms with Crippen molar-refractivity contribution in [3.8, 4) is 0 Å². The highest BCUT2D eigenvalue weighted by Gasteiger charge is 2.15. The quantitative estimate of drug-likeness (QED) is 0.546. The van der Waals surface area contributed by atoms with Crippen LogP contribution < -0.4 is 16.2 Å². The first-order valence-electron chi connectivity index (χ1n) is 9.48. The van der Waals surface area contributed by atoms with Crippen LogP contribution in [0, 0.1) is 6.92 Å². The summed E-state index contributed by atoms with van der Waals surface area (Å²) in [5, 5.41) is 15.4. The Balaban J connectivity index is 1.76. The zero-order valence-corrected chi connectivity index (χ0v) is 16.6. The van der Waals surface area contributed by atoms with Crippen LogP contribution in [0.25, 0.3) is 16.7 Å². The van der Waals surface area contributed by atoms with Gasteiger partial charge in [0.15, 0.2) is 5.82 Å². The van der Waals surface area contributed by atoms with Gasteiger partial charge in [-0.3, -0.25) is 18.6 Å². The molecule has 0 unspecified atom stereocenters. The zero-order chi connectivity index (χ0) is 20.5. The average molecular weight is 390 g/mol. The van der Waals surface area contributed by atoms with Crippen LogP contribution in [0.15, 0.2) is 47.3 Å². The van der Waals surface area contributed by atoms with Crippen molar-refractivity contribution in [2.75, 3.05) is 10.6 Å². The van der Waals surface area contributed by atoms with Crippen molar-refractivity contribution in [1.29, 1.82) is 0 Å². The molecule has 29 heavy (non-hydrogen) atoms. The van der Waals surface area contributed by atoms with Crippen molar-refractivity contribution in [1.82, 2.24) is 19.2 Å². The number of carbonyl (C=O) groups is 1. The summed E-state index contributed by atoms with van der Waals surface area (Å²) in [6.45, 7) is 6.27. The van der Waals surface area contributed by atoms with Crippen LogP contribution in [0.3, 0.4) is 0 Å². The summed E-state index contributed by atoms with van der Waals surface area (Å²) >= 11 is 0. The van der Waals surface area contributed by atoms with E-state index in [2.05, 4.69) is 20.8 Å². The molecule has 0 bridgehead atoms. The third-order valence-electron chi connectivity index (χ3n) is 4.97. The van der Waals surface area contributed by atoms with Gasteiger partial charge in [0.1, 0.15) is 0 Å². The van der Waals surface area contributed by atoms with E-state index in [1.807, 2.05) is 60.7 Å². The molecule has 2 aromatic carbocycles. The number of hydrogen-bond donors (Lipinski definition) is 2. The molecule has 0 spiro atoms. The molecule has 2 heterocycles. The molecule has 0 saturated heterocycles. The van der Waals surface area contributed by atoms with Gasteiger partial charge in [-0.15, -0.1) is 10.2 Å². The Labute approximate surface area is 167 Å². The number of amides is 1. The summed E-state index contributed by atoms with van der Waals surface area (Å²) in [5.74, 6) is 1.11. The first kappa shape index (κ1) is 18.7. The summed E-state index contributed by atoms with van der Waals surface area (Å²) in [5.41, 5.74) is 3.30. The fraction of sp³-hybridized carbons (Fsp3) is 0.238. The summed E-state index contributed by atoms with van der Waals surface area (Å²) in [6.07, 6.45) is 0. The van der Waals surface area contributed by atoms with Crippen molar-refractivity contribution in [3.05, 3.63) is 64.2 Å². The Morgan fingerprint density at radius 1 is 1.07 bits per heavy atom. The van der Waals surface area contributed by atoms with E-state index in [1.165, 1.54) is 6.92 Å². The second-order valence-electron chi connectivity index (χ2n) is 6.83. The lowest BCUT2D eigenvalue weighted by molar-refractivity contribution is -0.114. The molecule has 0 aliphatic carbocycles. The van der Waals surface area contributed by atoms with E-state index in [9.17, 15) is 9.59 Å². The van der Waals surface area contributed by atoms with E-state index < -0.39 is 0 Å². The van der Waals surface area contributed by atoms with Gasteiger partial charge >= 0.3 is 0 Å². The van der Waals surface area contributed by atoms with Crippen LogP contribution >= 0.6 is 0 Å². The van der Waals surface area contributed by atoms with Gasteiger partial charge in [0.25, 0.3) is 5.56 Å². The Morgan fingerprint density at radius 3 is 2.59 bits per heavy atom. The number of rotatable bonds is 5. The maximum absolute atomic E-state index is 12.8. The van der Waals surface area contributed by atoms with Gasteiger partial charge in [-0.2, -0.15) is 0 Å². The number of hydrogen-bond acceptors (Lipinski definition) is 5. The van der Waals surface area contributed by atoms with Gasteiger partial charge in [-0.05, 0) is 43.7 Å². The number of benzene rings is 2. The third kappa shape index (κ3) is 3.22. The van der Waals surface area contributed by atoms with Crippen LogP contribution in [0.1, 0.15) is 25.2 Å². The van der Waals surface area contributed by atoms with Gasteiger partial charge < -0.3 is 10.6 Å². The first-order valence-corrected chi connectivity index (χ1v) is 9.48. The van der Waals surface area contributed by atoms with Crippen molar-refractivity contribution in [3.63, 3.8) is 0 Å². The average Bonchev–Trinajstić information content (AvgIpc) is 3.13. The SMILES string of the molecule is CCn1c(=O)c2ccccc2n2c(CNc3cccc(NC(C)=O)c3C)nnc12. The second kappa shape index (κ2) is 7.38. The molecule has 4 rings (SSSR count). The lowest BCUT2D eigenvalue weighted by Crippen LogP contribution is -2.23.